The molecule has 0 fully saturated rings. The summed E-state index contributed by atoms with van der Waals surface area (Å²) >= 11 is 0. The largest absolute Gasteiger partial charge is 0.455 e. The first-order valence-electron chi connectivity index (χ1n) is 18.1. The van der Waals surface area contributed by atoms with Crippen LogP contribution in [0.2, 0.25) is 0 Å². The second kappa shape index (κ2) is 11.8. The van der Waals surface area contributed by atoms with Gasteiger partial charge >= 0.3 is 0 Å². The Kier molecular flexibility index (Phi) is 6.59. The summed E-state index contributed by atoms with van der Waals surface area (Å²) in [5.74, 6) is 0. The normalized spacial score (nSPS) is 11.8. The Morgan fingerprint density at radius 1 is 0.321 bits per heavy atom. The molecular formula is C51H31NO. The van der Waals surface area contributed by atoms with E-state index in [4.69, 9.17) is 4.42 Å². The number of hydrogen-bond acceptors (Lipinski definition) is 2. The smallest absolute Gasteiger partial charge is 0.143 e. The van der Waals surface area contributed by atoms with Crippen molar-refractivity contribution in [2.75, 3.05) is 0 Å². The van der Waals surface area contributed by atoms with E-state index in [2.05, 4.69) is 175 Å². The fraction of sp³-hybridized carbons (Fsp3) is 0. The Morgan fingerprint density at radius 3 is 1.34 bits per heavy atom. The van der Waals surface area contributed by atoms with Crippen LogP contribution in [0.5, 0.6) is 0 Å². The van der Waals surface area contributed by atoms with Crippen molar-refractivity contribution in [3.63, 3.8) is 0 Å². The van der Waals surface area contributed by atoms with Gasteiger partial charge < -0.3 is 4.42 Å². The lowest BCUT2D eigenvalue weighted by atomic mass is 9.85. The number of aromatic nitrogens is 1. The van der Waals surface area contributed by atoms with Crippen molar-refractivity contribution >= 4 is 65.0 Å². The quantitative estimate of drug-likeness (QED) is 0.174. The molecule has 0 atom stereocenters. The minimum absolute atomic E-state index is 0.880. The standard InChI is InChI=1S/C51H31NO/c1-2-14-32(15-3-1)47-36-17-4-6-19-38(36)48(39-20-7-5-18-37(39)47)33-27-28-35-44-25-12-26-45(51(44)53-46(35)30-33)50-42-23-10-8-21-40(42)49(34-16-13-29-52-31-34)41-22-9-11-24-43(41)50/h1-31H. The van der Waals surface area contributed by atoms with Crippen LogP contribution in [-0.2, 0) is 0 Å². The third-order valence-corrected chi connectivity index (χ3v) is 10.9. The Labute approximate surface area is 306 Å². The van der Waals surface area contributed by atoms with Gasteiger partial charge in [0.1, 0.15) is 11.2 Å². The number of pyridine rings is 1. The van der Waals surface area contributed by atoms with Gasteiger partial charge in [-0.15, -0.1) is 0 Å². The summed E-state index contributed by atoms with van der Waals surface area (Å²) in [5, 5.41) is 11.9. The second-order valence-corrected chi connectivity index (χ2v) is 13.8. The molecule has 0 unspecified atom stereocenters. The third kappa shape index (κ3) is 4.49. The highest BCUT2D eigenvalue weighted by Gasteiger charge is 2.21. The molecule has 2 aromatic heterocycles. The molecule has 0 aliphatic rings. The van der Waals surface area contributed by atoms with E-state index in [9.17, 15) is 0 Å². The molecule has 246 valence electrons. The fourth-order valence-electron chi connectivity index (χ4n) is 8.75. The number of nitrogens with zero attached hydrogens (tertiary/aromatic N) is 1. The first-order chi connectivity index (χ1) is 26.3. The number of para-hydroxylation sites is 1. The van der Waals surface area contributed by atoms with Crippen molar-refractivity contribution in [1.82, 2.24) is 4.98 Å². The lowest BCUT2D eigenvalue weighted by Crippen LogP contribution is -1.91. The molecular weight excluding hydrogens is 643 g/mol. The average molecular weight is 674 g/mol. The molecule has 2 heterocycles. The zero-order valence-electron chi connectivity index (χ0n) is 28.8. The van der Waals surface area contributed by atoms with E-state index in [0.29, 0.717) is 0 Å². The Hall–Kier alpha value is -7.03. The molecule has 2 heteroatoms. The molecule has 0 radical (unpaired) electrons. The van der Waals surface area contributed by atoms with E-state index in [1.165, 1.54) is 70.9 Å². The van der Waals surface area contributed by atoms with Gasteiger partial charge in [-0.1, -0.05) is 158 Å². The van der Waals surface area contributed by atoms with Crippen LogP contribution in [0.1, 0.15) is 0 Å². The van der Waals surface area contributed by atoms with Gasteiger partial charge in [0.05, 0.1) is 0 Å². The molecule has 9 aromatic carbocycles. The van der Waals surface area contributed by atoms with Crippen molar-refractivity contribution in [2.24, 2.45) is 0 Å². The second-order valence-electron chi connectivity index (χ2n) is 13.8. The average Bonchev–Trinajstić information content (AvgIpc) is 3.61. The minimum Gasteiger partial charge on any atom is -0.455 e. The highest BCUT2D eigenvalue weighted by Crippen LogP contribution is 2.48. The molecule has 0 aliphatic carbocycles. The Balaban J connectivity index is 1.18. The first kappa shape index (κ1) is 29.7. The van der Waals surface area contributed by atoms with Crippen molar-refractivity contribution < 1.29 is 4.42 Å². The lowest BCUT2D eigenvalue weighted by molar-refractivity contribution is 0.670. The van der Waals surface area contributed by atoms with E-state index in [1.807, 2.05) is 18.5 Å². The van der Waals surface area contributed by atoms with E-state index in [-0.39, 0.29) is 0 Å². The van der Waals surface area contributed by atoms with Gasteiger partial charge in [0.25, 0.3) is 0 Å². The number of fused-ring (bicyclic) bond motifs is 7. The number of rotatable bonds is 4. The summed E-state index contributed by atoms with van der Waals surface area (Å²) in [6.07, 6.45) is 3.80. The predicted octanol–water partition coefficient (Wildman–Crippen LogP) is 14.3. The molecule has 2 nitrogen and oxygen atoms in total. The van der Waals surface area contributed by atoms with E-state index in [0.717, 1.165) is 38.6 Å². The summed E-state index contributed by atoms with van der Waals surface area (Å²) in [6, 6.07) is 63.4. The summed E-state index contributed by atoms with van der Waals surface area (Å²) in [5.41, 5.74) is 11.2. The Bertz CT molecular complexity index is 3100. The van der Waals surface area contributed by atoms with Crippen molar-refractivity contribution in [1.29, 1.82) is 0 Å². The van der Waals surface area contributed by atoms with Crippen LogP contribution in [0, 0.1) is 0 Å². The van der Waals surface area contributed by atoms with Crippen LogP contribution in [0.25, 0.3) is 110 Å². The van der Waals surface area contributed by atoms with Gasteiger partial charge in [0.2, 0.25) is 0 Å². The molecule has 0 amide bonds. The summed E-state index contributed by atoms with van der Waals surface area (Å²) in [4.78, 5) is 4.49. The maximum absolute atomic E-state index is 7.02. The van der Waals surface area contributed by atoms with E-state index in [1.54, 1.807) is 0 Å². The molecule has 0 N–H and O–H groups in total. The van der Waals surface area contributed by atoms with Crippen LogP contribution in [0.15, 0.2) is 193 Å². The predicted molar refractivity (Wildman–Crippen MR) is 223 cm³/mol. The van der Waals surface area contributed by atoms with E-state index >= 15 is 0 Å². The summed E-state index contributed by atoms with van der Waals surface area (Å²) in [7, 11) is 0. The highest BCUT2D eigenvalue weighted by atomic mass is 16.3. The molecule has 0 aliphatic heterocycles. The van der Waals surface area contributed by atoms with Crippen molar-refractivity contribution in [3.8, 4) is 44.5 Å². The zero-order valence-corrected chi connectivity index (χ0v) is 28.8. The van der Waals surface area contributed by atoms with Crippen LogP contribution in [0.3, 0.4) is 0 Å². The summed E-state index contributed by atoms with van der Waals surface area (Å²) < 4.78 is 7.02. The van der Waals surface area contributed by atoms with Crippen LogP contribution in [0.4, 0.5) is 0 Å². The maximum atomic E-state index is 7.02. The molecule has 0 saturated carbocycles. The molecule has 11 rings (SSSR count). The van der Waals surface area contributed by atoms with E-state index < -0.39 is 0 Å². The molecule has 0 bridgehead atoms. The van der Waals surface area contributed by atoms with Crippen molar-refractivity contribution in [3.05, 3.63) is 188 Å². The van der Waals surface area contributed by atoms with Gasteiger partial charge in [0, 0.05) is 39.9 Å². The SMILES string of the molecule is c1ccc(-c2c3ccccc3c(-c3ccc4c(c3)oc3c(-c5c6ccccc6c(-c6cccnc6)c6ccccc56)cccc34)c3ccccc23)cc1. The van der Waals surface area contributed by atoms with Gasteiger partial charge in [-0.25, -0.2) is 0 Å². The topological polar surface area (TPSA) is 26.0 Å². The summed E-state index contributed by atoms with van der Waals surface area (Å²) in [6.45, 7) is 0. The zero-order chi connectivity index (χ0) is 34.9. The molecule has 53 heavy (non-hydrogen) atoms. The van der Waals surface area contributed by atoms with Gasteiger partial charge in [-0.05, 0) is 89.1 Å². The fourth-order valence-corrected chi connectivity index (χ4v) is 8.75. The van der Waals surface area contributed by atoms with Gasteiger partial charge in [0.15, 0.2) is 0 Å². The molecule has 0 saturated heterocycles. The monoisotopic (exact) mass is 673 g/mol. The number of hydrogen-bond donors (Lipinski definition) is 0. The van der Waals surface area contributed by atoms with Gasteiger partial charge in [-0.3, -0.25) is 4.98 Å². The maximum Gasteiger partial charge on any atom is 0.143 e. The first-order valence-corrected chi connectivity index (χ1v) is 18.1. The lowest BCUT2D eigenvalue weighted by Gasteiger charge is -2.17. The van der Waals surface area contributed by atoms with Crippen LogP contribution in [-0.4, -0.2) is 4.98 Å². The number of furan rings is 1. The molecule has 11 aromatic rings. The highest BCUT2D eigenvalue weighted by molar-refractivity contribution is 6.25. The van der Waals surface area contributed by atoms with Crippen LogP contribution < -0.4 is 0 Å². The third-order valence-electron chi connectivity index (χ3n) is 10.9. The Morgan fingerprint density at radius 2 is 0.792 bits per heavy atom. The number of benzene rings is 9. The van der Waals surface area contributed by atoms with Gasteiger partial charge in [-0.2, -0.15) is 0 Å². The van der Waals surface area contributed by atoms with Crippen molar-refractivity contribution in [2.45, 2.75) is 0 Å². The molecule has 0 spiro atoms. The van der Waals surface area contributed by atoms with Crippen LogP contribution >= 0.6 is 0 Å². The minimum atomic E-state index is 0.880.